The maximum absolute atomic E-state index is 13.6. The second kappa shape index (κ2) is 7.73. The third kappa shape index (κ3) is 3.27. The van der Waals surface area contributed by atoms with Gasteiger partial charge in [0.05, 0.1) is 10.6 Å². The Balaban J connectivity index is 1.27. The summed E-state index contributed by atoms with van der Waals surface area (Å²) in [6.07, 6.45) is 1.76. The average molecular weight is 437 g/mol. The molecular formula is C28H24N2OS. The standard InChI is InChI=1S/C28H24N2OS/c29-28-26(24-12-13-30(17-25(24)32-28)16-18-6-2-1-3-7-18)27(31)20-10-11-23-21(15-20)14-19-8-4-5-9-22(19)23/h1-11,15H,12-14,16-17,29H2. The number of benzene rings is 3. The first-order chi connectivity index (χ1) is 15.7. The summed E-state index contributed by atoms with van der Waals surface area (Å²) in [6, 6.07) is 25.2. The lowest BCUT2D eigenvalue weighted by molar-refractivity contribution is 0.103. The molecule has 4 heteroatoms. The van der Waals surface area contributed by atoms with Crippen molar-refractivity contribution in [3.63, 3.8) is 0 Å². The first-order valence-electron chi connectivity index (χ1n) is 11.1. The fourth-order valence-electron chi connectivity index (χ4n) is 5.13. The minimum atomic E-state index is 0.0651. The van der Waals surface area contributed by atoms with Crippen LogP contribution in [0.1, 0.15) is 43.1 Å². The van der Waals surface area contributed by atoms with E-state index in [1.165, 1.54) is 32.7 Å². The fraction of sp³-hybridized carbons (Fsp3) is 0.179. The van der Waals surface area contributed by atoms with E-state index >= 15 is 0 Å². The lowest BCUT2D eigenvalue weighted by Crippen LogP contribution is -2.29. The summed E-state index contributed by atoms with van der Waals surface area (Å²) in [6.45, 7) is 2.72. The lowest BCUT2D eigenvalue weighted by atomic mass is 9.94. The molecule has 0 spiro atoms. The van der Waals surface area contributed by atoms with Gasteiger partial charge in [-0.1, -0.05) is 66.7 Å². The monoisotopic (exact) mass is 436 g/mol. The Morgan fingerprint density at radius 3 is 2.59 bits per heavy atom. The average Bonchev–Trinajstić information content (AvgIpc) is 3.35. The summed E-state index contributed by atoms with van der Waals surface area (Å²) >= 11 is 1.58. The van der Waals surface area contributed by atoms with E-state index in [4.69, 9.17) is 5.73 Å². The summed E-state index contributed by atoms with van der Waals surface area (Å²) < 4.78 is 0. The minimum absolute atomic E-state index is 0.0651. The number of rotatable bonds is 4. The van der Waals surface area contributed by atoms with Crippen LogP contribution in [-0.4, -0.2) is 17.2 Å². The maximum Gasteiger partial charge on any atom is 0.196 e. The van der Waals surface area contributed by atoms with Crippen LogP contribution < -0.4 is 5.73 Å². The zero-order chi connectivity index (χ0) is 21.7. The van der Waals surface area contributed by atoms with Crippen molar-refractivity contribution in [2.75, 3.05) is 12.3 Å². The van der Waals surface area contributed by atoms with Crippen molar-refractivity contribution in [3.05, 3.63) is 111 Å². The summed E-state index contributed by atoms with van der Waals surface area (Å²) in [7, 11) is 0. The molecule has 1 aromatic heterocycles. The Bertz CT molecular complexity index is 1340. The summed E-state index contributed by atoms with van der Waals surface area (Å²) in [5.74, 6) is 0.0651. The summed E-state index contributed by atoms with van der Waals surface area (Å²) in [5, 5.41) is 0.658. The molecule has 3 aromatic carbocycles. The van der Waals surface area contributed by atoms with Crippen LogP contribution in [0.15, 0.2) is 72.8 Å². The fourth-order valence-corrected chi connectivity index (χ4v) is 6.29. The molecule has 2 N–H and O–H groups in total. The molecule has 6 rings (SSSR count). The highest BCUT2D eigenvalue weighted by Crippen LogP contribution is 2.39. The van der Waals surface area contributed by atoms with Gasteiger partial charge in [0, 0.05) is 30.1 Å². The van der Waals surface area contributed by atoms with Crippen molar-refractivity contribution < 1.29 is 4.79 Å². The SMILES string of the molecule is Nc1sc2c(c1C(=O)c1ccc3c(c1)Cc1ccccc1-3)CCN(Cc1ccccc1)C2. The smallest absolute Gasteiger partial charge is 0.196 e. The van der Waals surface area contributed by atoms with Gasteiger partial charge in [0.25, 0.3) is 0 Å². The van der Waals surface area contributed by atoms with Crippen LogP contribution in [0.5, 0.6) is 0 Å². The molecule has 0 atom stereocenters. The molecule has 1 aliphatic carbocycles. The number of nitrogen functional groups attached to an aromatic ring is 1. The highest BCUT2D eigenvalue weighted by Gasteiger charge is 2.28. The highest BCUT2D eigenvalue weighted by atomic mass is 32.1. The molecule has 0 amide bonds. The Labute approximate surface area is 192 Å². The second-order valence-electron chi connectivity index (χ2n) is 8.72. The van der Waals surface area contributed by atoms with Gasteiger partial charge in [0.2, 0.25) is 0 Å². The van der Waals surface area contributed by atoms with E-state index < -0.39 is 0 Å². The molecule has 1 aliphatic heterocycles. The lowest BCUT2D eigenvalue weighted by Gasteiger charge is -2.27. The van der Waals surface area contributed by atoms with Crippen molar-refractivity contribution in [1.29, 1.82) is 0 Å². The number of ketones is 1. The molecule has 32 heavy (non-hydrogen) atoms. The molecule has 0 saturated heterocycles. The van der Waals surface area contributed by atoms with Crippen LogP contribution in [0.2, 0.25) is 0 Å². The van der Waals surface area contributed by atoms with Gasteiger partial charge in [-0.15, -0.1) is 11.3 Å². The highest BCUT2D eigenvalue weighted by molar-refractivity contribution is 7.16. The summed E-state index contributed by atoms with van der Waals surface area (Å²) in [5.41, 5.74) is 15.5. The van der Waals surface area contributed by atoms with Crippen LogP contribution in [0, 0.1) is 0 Å². The number of thiophene rings is 1. The molecule has 0 bridgehead atoms. The molecule has 2 aliphatic rings. The predicted molar refractivity (Wildman–Crippen MR) is 131 cm³/mol. The van der Waals surface area contributed by atoms with E-state index in [-0.39, 0.29) is 5.78 Å². The number of carbonyl (C=O) groups excluding carboxylic acids is 1. The molecule has 0 fully saturated rings. The van der Waals surface area contributed by atoms with E-state index in [2.05, 4.69) is 65.6 Å². The molecular weight excluding hydrogens is 412 g/mol. The molecule has 3 nitrogen and oxygen atoms in total. The van der Waals surface area contributed by atoms with E-state index in [0.29, 0.717) is 5.00 Å². The van der Waals surface area contributed by atoms with Crippen LogP contribution >= 0.6 is 11.3 Å². The Kier molecular flexibility index (Phi) is 4.71. The number of hydrogen-bond acceptors (Lipinski definition) is 4. The van der Waals surface area contributed by atoms with Crippen molar-refractivity contribution in [3.8, 4) is 11.1 Å². The zero-order valence-electron chi connectivity index (χ0n) is 17.8. The molecule has 2 heterocycles. The van der Waals surface area contributed by atoms with Crippen molar-refractivity contribution in [2.24, 2.45) is 0 Å². The maximum atomic E-state index is 13.6. The van der Waals surface area contributed by atoms with E-state index in [0.717, 1.165) is 49.2 Å². The molecule has 0 radical (unpaired) electrons. The Morgan fingerprint density at radius 1 is 0.938 bits per heavy atom. The normalized spacial score (nSPS) is 14.6. The van der Waals surface area contributed by atoms with Crippen LogP contribution in [0.3, 0.4) is 0 Å². The van der Waals surface area contributed by atoms with Gasteiger partial charge >= 0.3 is 0 Å². The first-order valence-corrected chi connectivity index (χ1v) is 11.9. The molecule has 4 aromatic rings. The zero-order valence-corrected chi connectivity index (χ0v) is 18.6. The largest absolute Gasteiger partial charge is 0.390 e. The number of carbonyl (C=O) groups is 1. The van der Waals surface area contributed by atoms with E-state index in [9.17, 15) is 4.79 Å². The number of fused-ring (bicyclic) bond motifs is 4. The number of hydrogen-bond donors (Lipinski definition) is 1. The number of nitrogens with two attached hydrogens (primary N) is 1. The molecule has 158 valence electrons. The Hall–Kier alpha value is -3.21. The van der Waals surface area contributed by atoms with Gasteiger partial charge in [-0.05, 0) is 52.3 Å². The number of nitrogens with zero attached hydrogens (tertiary/aromatic N) is 1. The van der Waals surface area contributed by atoms with Crippen molar-refractivity contribution >= 4 is 22.1 Å². The van der Waals surface area contributed by atoms with E-state index in [1.54, 1.807) is 11.3 Å². The minimum Gasteiger partial charge on any atom is -0.390 e. The molecule has 0 saturated carbocycles. The predicted octanol–water partition coefficient (Wildman–Crippen LogP) is 5.69. The van der Waals surface area contributed by atoms with Crippen molar-refractivity contribution in [2.45, 2.75) is 25.9 Å². The van der Waals surface area contributed by atoms with Gasteiger partial charge in [0.15, 0.2) is 5.78 Å². The first kappa shape index (κ1) is 19.5. The second-order valence-corrected chi connectivity index (χ2v) is 9.86. The van der Waals surface area contributed by atoms with Crippen LogP contribution in [0.4, 0.5) is 5.00 Å². The van der Waals surface area contributed by atoms with Gasteiger partial charge < -0.3 is 5.73 Å². The van der Waals surface area contributed by atoms with E-state index in [1.807, 2.05) is 12.1 Å². The van der Waals surface area contributed by atoms with Gasteiger partial charge in [0.1, 0.15) is 0 Å². The van der Waals surface area contributed by atoms with Gasteiger partial charge in [-0.3, -0.25) is 9.69 Å². The van der Waals surface area contributed by atoms with Gasteiger partial charge in [-0.2, -0.15) is 0 Å². The third-order valence-corrected chi connectivity index (χ3v) is 7.74. The topological polar surface area (TPSA) is 46.3 Å². The van der Waals surface area contributed by atoms with Crippen molar-refractivity contribution in [1.82, 2.24) is 4.90 Å². The number of anilines is 1. The van der Waals surface area contributed by atoms with Crippen LogP contribution in [0.25, 0.3) is 11.1 Å². The quantitative estimate of drug-likeness (QED) is 0.368. The third-order valence-electron chi connectivity index (χ3n) is 6.70. The summed E-state index contributed by atoms with van der Waals surface area (Å²) in [4.78, 5) is 17.2. The van der Waals surface area contributed by atoms with Gasteiger partial charge in [-0.25, -0.2) is 0 Å². The van der Waals surface area contributed by atoms with Crippen LogP contribution in [-0.2, 0) is 25.9 Å². The Morgan fingerprint density at radius 2 is 1.72 bits per heavy atom. The molecule has 0 unspecified atom stereocenters.